The van der Waals surface area contributed by atoms with E-state index < -0.39 is 17.7 Å². The van der Waals surface area contributed by atoms with E-state index in [1.807, 2.05) is 44.2 Å². The van der Waals surface area contributed by atoms with Crippen LogP contribution in [0.1, 0.15) is 28.3 Å². The number of Topliss-reactive ketones (excluding diaryl/α,β-unsaturated/α-hetero) is 1. The number of aliphatic hydroxyl groups is 1. The average Bonchev–Trinajstić information content (AvgIpc) is 3.06. The Kier molecular flexibility index (Phi) is 6.19. The number of methoxy groups -OCH3 is 1. The van der Waals surface area contributed by atoms with Crippen molar-refractivity contribution in [2.24, 2.45) is 0 Å². The van der Waals surface area contributed by atoms with E-state index in [1.165, 1.54) is 18.1 Å². The number of carbonyl (C=O) groups is 2. The van der Waals surface area contributed by atoms with Gasteiger partial charge in [-0.25, -0.2) is 0 Å². The topological polar surface area (TPSA) is 66.8 Å². The van der Waals surface area contributed by atoms with Crippen LogP contribution in [0.2, 0.25) is 10.0 Å². The van der Waals surface area contributed by atoms with Crippen LogP contribution >= 0.6 is 23.2 Å². The van der Waals surface area contributed by atoms with Gasteiger partial charge in [0.25, 0.3) is 11.7 Å². The first-order valence-electron chi connectivity index (χ1n) is 10.2. The highest BCUT2D eigenvalue weighted by Crippen LogP contribution is 2.44. The maximum Gasteiger partial charge on any atom is 0.300 e. The van der Waals surface area contributed by atoms with Gasteiger partial charge in [-0.2, -0.15) is 0 Å². The Morgan fingerprint density at radius 2 is 1.67 bits per heavy atom. The van der Waals surface area contributed by atoms with Crippen molar-refractivity contribution < 1.29 is 19.4 Å². The molecule has 1 heterocycles. The van der Waals surface area contributed by atoms with E-state index in [0.29, 0.717) is 27.6 Å². The van der Waals surface area contributed by atoms with Crippen LogP contribution in [0.15, 0.2) is 66.2 Å². The second-order valence-corrected chi connectivity index (χ2v) is 8.70. The molecule has 1 atom stereocenters. The molecule has 0 bridgehead atoms. The molecular weight excluding hydrogens is 461 g/mol. The number of amides is 1. The van der Waals surface area contributed by atoms with Crippen LogP contribution in [0.5, 0.6) is 5.75 Å². The van der Waals surface area contributed by atoms with Crippen molar-refractivity contribution in [1.82, 2.24) is 0 Å². The standard InChI is InChI=1S/C26H21Cl2NO4/c1-14-5-4-6-16(11-14)23-22(24(30)18-12-15(2)7-10-21(18)33-3)25(31)26(32)29(23)17-8-9-19(27)20(28)13-17/h4-13,23,30H,1-3H3/b24-22+. The fraction of sp³-hybridized carbons (Fsp3) is 0.154. The molecule has 1 amide bonds. The van der Waals surface area contributed by atoms with Crippen molar-refractivity contribution in [2.75, 3.05) is 12.0 Å². The molecule has 0 spiro atoms. The zero-order valence-electron chi connectivity index (χ0n) is 18.2. The second-order valence-electron chi connectivity index (χ2n) is 7.89. The van der Waals surface area contributed by atoms with Crippen molar-refractivity contribution in [3.8, 4) is 5.75 Å². The molecule has 3 aromatic carbocycles. The number of ketones is 1. The lowest BCUT2D eigenvalue weighted by Gasteiger charge is -2.26. The summed E-state index contributed by atoms with van der Waals surface area (Å²) in [7, 11) is 1.48. The summed E-state index contributed by atoms with van der Waals surface area (Å²) in [5.41, 5.74) is 3.19. The van der Waals surface area contributed by atoms with E-state index in [4.69, 9.17) is 27.9 Å². The lowest BCUT2D eigenvalue weighted by molar-refractivity contribution is -0.132. The predicted molar refractivity (Wildman–Crippen MR) is 130 cm³/mol. The molecule has 168 valence electrons. The van der Waals surface area contributed by atoms with Gasteiger partial charge in [-0.3, -0.25) is 14.5 Å². The van der Waals surface area contributed by atoms with Crippen molar-refractivity contribution >= 4 is 46.3 Å². The molecule has 0 radical (unpaired) electrons. The van der Waals surface area contributed by atoms with Gasteiger partial charge < -0.3 is 9.84 Å². The maximum absolute atomic E-state index is 13.3. The average molecular weight is 482 g/mol. The first-order chi connectivity index (χ1) is 15.7. The van der Waals surface area contributed by atoms with Crippen molar-refractivity contribution in [3.63, 3.8) is 0 Å². The number of aryl methyl sites for hydroxylation is 2. The highest BCUT2D eigenvalue weighted by atomic mass is 35.5. The monoisotopic (exact) mass is 481 g/mol. The quantitative estimate of drug-likeness (QED) is 0.271. The van der Waals surface area contributed by atoms with Crippen LogP contribution in [0, 0.1) is 13.8 Å². The van der Waals surface area contributed by atoms with E-state index in [-0.39, 0.29) is 16.4 Å². The Balaban J connectivity index is 2.00. The molecule has 1 saturated heterocycles. The summed E-state index contributed by atoms with van der Waals surface area (Å²) in [6, 6.07) is 16.6. The van der Waals surface area contributed by atoms with Crippen LogP contribution in [0.3, 0.4) is 0 Å². The first kappa shape index (κ1) is 22.9. The molecule has 1 fully saturated rings. The maximum atomic E-state index is 13.3. The van der Waals surface area contributed by atoms with Gasteiger partial charge in [0, 0.05) is 5.69 Å². The van der Waals surface area contributed by atoms with Crippen LogP contribution in [-0.2, 0) is 9.59 Å². The summed E-state index contributed by atoms with van der Waals surface area (Å²) in [5.74, 6) is -1.48. The Labute approximate surface area is 201 Å². The van der Waals surface area contributed by atoms with E-state index in [0.717, 1.165) is 11.1 Å². The number of aliphatic hydroxyl groups excluding tert-OH is 1. The fourth-order valence-corrected chi connectivity index (χ4v) is 4.33. The molecule has 5 nitrogen and oxygen atoms in total. The van der Waals surface area contributed by atoms with Gasteiger partial charge in [-0.15, -0.1) is 0 Å². The van der Waals surface area contributed by atoms with Gasteiger partial charge in [-0.1, -0.05) is 64.7 Å². The molecule has 0 saturated carbocycles. The van der Waals surface area contributed by atoms with Gasteiger partial charge in [0.2, 0.25) is 0 Å². The van der Waals surface area contributed by atoms with E-state index in [9.17, 15) is 14.7 Å². The normalized spacial score (nSPS) is 17.5. The minimum absolute atomic E-state index is 0.0272. The number of anilines is 1. The largest absolute Gasteiger partial charge is 0.507 e. The summed E-state index contributed by atoms with van der Waals surface area (Å²) in [4.78, 5) is 27.9. The zero-order chi connectivity index (χ0) is 23.9. The van der Waals surface area contributed by atoms with Gasteiger partial charge >= 0.3 is 0 Å². The predicted octanol–water partition coefficient (Wildman–Crippen LogP) is 6.25. The molecule has 0 aromatic heterocycles. The summed E-state index contributed by atoms with van der Waals surface area (Å²) in [6.07, 6.45) is 0. The highest BCUT2D eigenvalue weighted by Gasteiger charge is 2.47. The molecular formula is C26H21Cl2NO4. The van der Waals surface area contributed by atoms with Gasteiger partial charge in [-0.05, 0) is 49.7 Å². The fourth-order valence-electron chi connectivity index (χ4n) is 4.04. The number of ether oxygens (including phenoxy) is 1. The van der Waals surface area contributed by atoms with Crippen molar-refractivity contribution in [1.29, 1.82) is 0 Å². The number of benzene rings is 3. The lowest BCUT2D eigenvalue weighted by Crippen LogP contribution is -2.29. The van der Waals surface area contributed by atoms with Crippen LogP contribution < -0.4 is 9.64 Å². The molecule has 4 rings (SSSR count). The number of nitrogens with zero attached hydrogens (tertiary/aromatic N) is 1. The van der Waals surface area contributed by atoms with E-state index in [2.05, 4.69) is 0 Å². The van der Waals surface area contributed by atoms with Crippen molar-refractivity contribution in [2.45, 2.75) is 19.9 Å². The number of carbonyl (C=O) groups excluding carboxylic acids is 2. The SMILES string of the molecule is COc1ccc(C)cc1/C(O)=C1\C(=O)C(=O)N(c2ccc(Cl)c(Cl)c2)C1c1cccc(C)c1. The molecule has 1 unspecified atom stereocenters. The molecule has 7 heteroatoms. The molecule has 1 aliphatic rings. The molecule has 33 heavy (non-hydrogen) atoms. The number of rotatable bonds is 4. The highest BCUT2D eigenvalue weighted by molar-refractivity contribution is 6.52. The Bertz CT molecular complexity index is 1320. The van der Waals surface area contributed by atoms with Gasteiger partial charge in [0.1, 0.15) is 11.5 Å². The summed E-state index contributed by atoms with van der Waals surface area (Å²) in [5, 5.41) is 11.9. The molecule has 1 N–H and O–H groups in total. The number of hydrogen-bond acceptors (Lipinski definition) is 4. The summed E-state index contributed by atoms with van der Waals surface area (Å²) < 4.78 is 5.41. The van der Waals surface area contributed by atoms with E-state index in [1.54, 1.807) is 24.3 Å². The van der Waals surface area contributed by atoms with Gasteiger partial charge in [0.15, 0.2) is 0 Å². The van der Waals surface area contributed by atoms with Crippen LogP contribution in [0.25, 0.3) is 5.76 Å². The van der Waals surface area contributed by atoms with Crippen LogP contribution in [-0.4, -0.2) is 23.9 Å². The molecule has 1 aliphatic heterocycles. The summed E-state index contributed by atoms with van der Waals surface area (Å²) in [6.45, 7) is 3.78. The Hall–Kier alpha value is -3.28. The van der Waals surface area contributed by atoms with Gasteiger partial charge in [0.05, 0.1) is 34.3 Å². The minimum atomic E-state index is -0.868. The third-order valence-electron chi connectivity index (χ3n) is 5.59. The number of hydrogen-bond donors (Lipinski definition) is 1. The first-order valence-corrected chi connectivity index (χ1v) is 11.0. The molecule has 0 aliphatic carbocycles. The third kappa shape index (κ3) is 4.10. The van der Waals surface area contributed by atoms with Crippen molar-refractivity contribution in [3.05, 3.63) is 98.5 Å². The van der Waals surface area contributed by atoms with Crippen LogP contribution in [0.4, 0.5) is 5.69 Å². The second kappa shape index (κ2) is 8.93. The number of halogens is 2. The smallest absolute Gasteiger partial charge is 0.300 e. The summed E-state index contributed by atoms with van der Waals surface area (Å²) >= 11 is 12.3. The molecule has 3 aromatic rings. The third-order valence-corrected chi connectivity index (χ3v) is 6.33. The Morgan fingerprint density at radius 3 is 2.33 bits per heavy atom. The van der Waals surface area contributed by atoms with E-state index >= 15 is 0 Å². The zero-order valence-corrected chi connectivity index (χ0v) is 19.7. The minimum Gasteiger partial charge on any atom is -0.507 e. The lowest BCUT2D eigenvalue weighted by atomic mass is 9.93. The Morgan fingerprint density at radius 1 is 0.939 bits per heavy atom.